The number of carbonyl (C=O) groups excluding carboxylic acids is 1. The van der Waals surface area contributed by atoms with Crippen molar-refractivity contribution >= 4 is 29.5 Å². The summed E-state index contributed by atoms with van der Waals surface area (Å²) in [6.07, 6.45) is 1.77. The van der Waals surface area contributed by atoms with E-state index in [-0.39, 0.29) is 18.7 Å². The van der Waals surface area contributed by atoms with E-state index in [1.54, 1.807) is 17.8 Å². The van der Waals surface area contributed by atoms with Gasteiger partial charge in [-0.3, -0.25) is 0 Å². The standard InChI is InChI=1S/C17H24ClNO3S/c1-17(2,3)22-16(21)19-8-4-5-13(19)11-23-14-6-7-15(18)12(9-14)10-20/h6-7,9,13,20H,4-5,8,10-11H2,1-3H3. The molecule has 1 amide bonds. The number of carbonyl (C=O) groups is 1. The highest BCUT2D eigenvalue weighted by atomic mass is 35.5. The largest absolute Gasteiger partial charge is 0.444 e. The summed E-state index contributed by atoms with van der Waals surface area (Å²) in [7, 11) is 0. The third-order valence-corrected chi connectivity index (χ3v) is 5.14. The first kappa shape index (κ1) is 18.4. The number of aliphatic hydroxyl groups excluding tert-OH is 1. The van der Waals surface area contributed by atoms with Crippen molar-refractivity contribution in [1.29, 1.82) is 0 Å². The Labute approximate surface area is 147 Å². The van der Waals surface area contributed by atoms with E-state index in [4.69, 9.17) is 16.3 Å². The van der Waals surface area contributed by atoms with E-state index in [0.29, 0.717) is 5.02 Å². The van der Waals surface area contributed by atoms with Crippen LogP contribution in [0.2, 0.25) is 5.02 Å². The number of nitrogens with zero attached hydrogens (tertiary/aromatic N) is 1. The predicted octanol–water partition coefficient (Wildman–Crippen LogP) is 4.32. The van der Waals surface area contributed by atoms with Crippen molar-refractivity contribution in [2.24, 2.45) is 0 Å². The highest BCUT2D eigenvalue weighted by Crippen LogP contribution is 2.29. The Morgan fingerprint density at radius 1 is 1.48 bits per heavy atom. The lowest BCUT2D eigenvalue weighted by Gasteiger charge is -2.28. The molecule has 1 aromatic rings. The number of hydrogen-bond acceptors (Lipinski definition) is 4. The third kappa shape index (κ3) is 5.30. The first-order chi connectivity index (χ1) is 10.8. The zero-order chi connectivity index (χ0) is 17.0. The Morgan fingerprint density at radius 2 is 2.22 bits per heavy atom. The van der Waals surface area contributed by atoms with E-state index in [1.165, 1.54) is 0 Å². The van der Waals surface area contributed by atoms with Gasteiger partial charge in [0.05, 0.1) is 6.61 Å². The van der Waals surface area contributed by atoms with Gasteiger partial charge >= 0.3 is 6.09 Å². The molecule has 4 nitrogen and oxygen atoms in total. The zero-order valence-electron chi connectivity index (χ0n) is 13.8. The van der Waals surface area contributed by atoms with Crippen LogP contribution in [0.5, 0.6) is 0 Å². The molecule has 0 bridgehead atoms. The molecule has 0 aromatic heterocycles. The molecule has 0 spiro atoms. The normalized spacial score (nSPS) is 18.3. The number of ether oxygens (including phenoxy) is 1. The molecule has 1 aliphatic rings. The van der Waals surface area contributed by atoms with Crippen LogP contribution in [0.1, 0.15) is 39.2 Å². The second-order valence-corrected chi connectivity index (χ2v) is 8.19. The Hall–Kier alpha value is -0.910. The highest BCUT2D eigenvalue weighted by molar-refractivity contribution is 7.99. The van der Waals surface area contributed by atoms with Gasteiger partial charge in [-0.2, -0.15) is 0 Å². The van der Waals surface area contributed by atoms with Gasteiger partial charge in [0, 0.05) is 28.3 Å². The minimum atomic E-state index is -0.469. The van der Waals surface area contributed by atoms with Gasteiger partial charge in [-0.05, 0) is 57.4 Å². The average molecular weight is 358 g/mol. The van der Waals surface area contributed by atoms with Crippen LogP contribution in [0.25, 0.3) is 0 Å². The summed E-state index contributed by atoms with van der Waals surface area (Å²) < 4.78 is 5.48. The van der Waals surface area contributed by atoms with Gasteiger partial charge in [0.2, 0.25) is 0 Å². The Kier molecular flexibility index (Phi) is 6.23. The van der Waals surface area contributed by atoms with Crippen LogP contribution >= 0.6 is 23.4 Å². The molecule has 1 N–H and O–H groups in total. The minimum absolute atomic E-state index is 0.0688. The Morgan fingerprint density at radius 3 is 2.87 bits per heavy atom. The molecule has 1 fully saturated rings. The molecule has 1 saturated heterocycles. The quantitative estimate of drug-likeness (QED) is 0.815. The number of halogens is 1. The lowest BCUT2D eigenvalue weighted by atomic mass is 10.2. The van der Waals surface area contributed by atoms with Crippen LogP contribution in [0.3, 0.4) is 0 Å². The predicted molar refractivity (Wildman–Crippen MR) is 94.1 cm³/mol. The maximum Gasteiger partial charge on any atom is 0.410 e. The number of thioether (sulfide) groups is 1. The van der Waals surface area contributed by atoms with Crippen LogP contribution in [-0.4, -0.2) is 40.0 Å². The maximum atomic E-state index is 12.3. The fourth-order valence-electron chi connectivity index (χ4n) is 2.52. The van der Waals surface area contributed by atoms with Crippen LogP contribution in [0.15, 0.2) is 23.1 Å². The minimum Gasteiger partial charge on any atom is -0.444 e. The van der Waals surface area contributed by atoms with Gasteiger partial charge in [0.15, 0.2) is 0 Å². The smallest absolute Gasteiger partial charge is 0.410 e. The number of likely N-dealkylation sites (tertiary alicyclic amines) is 1. The second-order valence-electron chi connectivity index (χ2n) is 6.69. The summed E-state index contributed by atoms with van der Waals surface area (Å²) in [6, 6.07) is 5.83. The van der Waals surface area contributed by atoms with Gasteiger partial charge < -0.3 is 14.7 Å². The molecule has 0 radical (unpaired) electrons. The SMILES string of the molecule is CC(C)(C)OC(=O)N1CCCC1CSc1ccc(Cl)c(CO)c1. The lowest BCUT2D eigenvalue weighted by molar-refractivity contribution is 0.0242. The van der Waals surface area contributed by atoms with Crippen molar-refractivity contribution < 1.29 is 14.6 Å². The molecule has 128 valence electrons. The first-order valence-corrected chi connectivity index (χ1v) is 9.18. The summed E-state index contributed by atoms with van der Waals surface area (Å²) in [4.78, 5) is 15.2. The van der Waals surface area contributed by atoms with Crippen LogP contribution in [0.4, 0.5) is 4.79 Å². The molecular weight excluding hydrogens is 334 g/mol. The average Bonchev–Trinajstić information content (AvgIpc) is 2.93. The second kappa shape index (κ2) is 7.77. The summed E-state index contributed by atoms with van der Waals surface area (Å²) >= 11 is 7.69. The molecule has 0 aliphatic carbocycles. The summed E-state index contributed by atoms with van der Waals surface area (Å²) in [5.74, 6) is 0.811. The van der Waals surface area contributed by atoms with Crippen LogP contribution < -0.4 is 0 Å². The molecule has 0 saturated carbocycles. The van der Waals surface area contributed by atoms with Gasteiger partial charge in [-0.25, -0.2) is 4.79 Å². The summed E-state index contributed by atoms with van der Waals surface area (Å²) in [5.41, 5.74) is 0.260. The zero-order valence-corrected chi connectivity index (χ0v) is 15.4. The van der Waals surface area contributed by atoms with Crippen molar-refractivity contribution in [2.45, 2.75) is 56.8 Å². The fourth-order valence-corrected chi connectivity index (χ4v) is 3.82. The maximum absolute atomic E-state index is 12.3. The molecule has 2 rings (SSSR count). The molecule has 1 unspecified atom stereocenters. The van der Waals surface area contributed by atoms with Crippen molar-refractivity contribution in [3.63, 3.8) is 0 Å². The topological polar surface area (TPSA) is 49.8 Å². The highest BCUT2D eigenvalue weighted by Gasteiger charge is 2.32. The van der Waals surface area contributed by atoms with Crippen LogP contribution in [0, 0.1) is 0 Å². The number of benzene rings is 1. The molecule has 1 atom stereocenters. The van der Waals surface area contributed by atoms with E-state index in [0.717, 1.165) is 35.6 Å². The van der Waals surface area contributed by atoms with Crippen LogP contribution in [-0.2, 0) is 11.3 Å². The number of amides is 1. The molecule has 6 heteroatoms. The van der Waals surface area contributed by atoms with Gasteiger partial charge in [0.25, 0.3) is 0 Å². The van der Waals surface area contributed by atoms with E-state index < -0.39 is 5.60 Å². The number of aliphatic hydroxyl groups is 1. The van der Waals surface area contributed by atoms with Crippen molar-refractivity contribution in [1.82, 2.24) is 4.90 Å². The Bertz CT molecular complexity index is 559. The van der Waals surface area contributed by atoms with E-state index in [2.05, 4.69) is 0 Å². The summed E-state index contributed by atoms with van der Waals surface area (Å²) in [5, 5.41) is 9.86. The van der Waals surface area contributed by atoms with Crippen molar-refractivity contribution in [3.05, 3.63) is 28.8 Å². The first-order valence-electron chi connectivity index (χ1n) is 7.82. The van der Waals surface area contributed by atoms with E-state index in [1.807, 2.05) is 37.8 Å². The van der Waals surface area contributed by atoms with Gasteiger partial charge in [-0.15, -0.1) is 11.8 Å². The molecule has 1 aliphatic heterocycles. The van der Waals surface area contributed by atoms with Crippen molar-refractivity contribution in [3.8, 4) is 0 Å². The van der Waals surface area contributed by atoms with E-state index >= 15 is 0 Å². The Balaban J connectivity index is 1.95. The number of rotatable bonds is 4. The molecule has 1 heterocycles. The fraction of sp³-hybridized carbons (Fsp3) is 0.588. The molecular formula is C17H24ClNO3S. The van der Waals surface area contributed by atoms with Gasteiger partial charge in [0.1, 0.15) is 5.60 Å². The molecule has 1 aromatic carbocycles. The molecule has 23 heavy (non-hydrogen) atoms. The summed E-state index contributed by atoms with van der Waals surface area (Å²) in [6.45, 7) is 6.34. The van der Waals surface area contributed by atoms with Gasteiger partial charge in [-0.1, -0.05) is 11.6 Å². The van der Waals surface area contributed by atoms with E-state index in [9.17, 15) is 9.90 Å². The lowest BCUT2D eigenvalue weighted by Crippen LogP contribution is -2.40. The monoisotopic (exact) mass is 357 g/mol. The number of hydrogen-bond donors (Lipinski definition) is 1. The van der Waals surface area contributed by atoms with Crippen molar-refractivity contribution in [2.75, 3.05) is 12.3 Å². The third-order valence-electron chi connectivity index (χ3n) is 3.64.